The molecule has 0 aromatic heterocycles. The topological polar surface area (TPSA) is 34.1 Å². The maximum absolute atomic E-state index is 11.4. The van der Waals surface area contributed by atoms with Crippen molar-refractivity contribution in [1.29, 1.82) is 0 Å². The van der Waals surface area contributed by atoms with Gasteiger partial charge in [0.1, 0.15) is 0 Å². The van der Waals surface area contributed by atoms with Crippen LogP contribution >= 0.6 is 0 Å². The molecule has 2 rings (SSSR count). The van der Waals surface area contributed by atoms with Crippen molar-refractivity contribution < 1.29 is 9.59 Å². The van der Waals surface area contributed by atoms with Crippen LogP contribution in [0.15, 0.2) is 60.2 Å². The van der Waals surface area contributed by atoms with Crippen LogP contribution in [0, 0.1) is 0 Å². The lowest BCUT2D eigenvalue weighted by molar-refractivity contribution is -0.114. The van der Waals surface area contributed by atoms with Crippen molar-refractivity contribution in [3.05, 3.63) is 65.8 Å². The van der Waals surface area contributed by atoms with Gasteiger partial charge in [0.15, 0.2) is 11.6 Å². The van der Waals surface area contributed by atoms with Crippen LogP contribution in [-0.2, 0) is 9.59 Å². The Kier molecular flexibility index (Phi) is 3.46. The van der Waals surface area contributed by atoms with Gasteiger partial charge in [-0.25, -0.2) is 0 Å². The van der Waals surface area contributed by atoms with E-state index in [0.717, 1.165) is 5.56 Å². The van der Waals surface area contributed by atoms with E-state index in [-0.39, 0.29) is 11.6 Å². The average molecular weight is 224 g/mol. The maximum atomic E-state index is 11.4. The second-order valence-corrected chi connectivity index (χ2v) is 3.79. The van der Waals surface area contributed by atoms with Gasteiger partial charge >= 0.3 is 0 Å². The first-order valence-electron chi connectivity index (χ1n) is 5.44. The second kappa shape index (κ2) is 5.21. The van der Waals surface area contributed by atoms with Gasteiger partial charge in [0, 0.05) is 5.57 Å². The van der Waals surface area contributed by atoms with Gasteiger partial charge in [0.05, 0.1) is 0 Å². The van der Waals surface area contributed by atoms with Crippen molar-refractivity contribution in [3.8, 4) is 0 Å². The smallest absolute Gasteiger partial charge is 0.182 e. The fraction of sp³-hybridized carbons (Fsp3) is 0.0667. The zero-order chi connectivity index (χ0) is 12.1. The van der Waals surface area contributed by atoms with Crippen molar-refractivity contribution >= 4 is 17.6 Å². The van der Waals surface area contributed by atoms with Crippen LogP contribution in [0.5, 0.6) is 0 Å². The molecule has 1 aromatic rings. The van der Waals surface area contributed by atoms with Gasteiger partial charge in [-0.2, -0.15) is 0 Å². The first kappa shape index (κ1) is 11.3. The van der Waals surface area contributed by atoms with Gasteiger partial charge in [-0.1, -0.05) is 42.5 Å². The molecular formula is C15H12O2. The zero-order valence-electron chi connectivity index (χ0n) is 9.30. The average Bonchev–Trinajstić information content (AvgIpc) is 2.35. The molecule has 0 heterocycles. The highest BCUT2D eigenvalue weighted by Crippen LogP contribution is 2.11. The lowest BCUT2D eigenvalue weighted by atomic mass is 10.0. The lowest BCUT2D eigenvalue weighted by Crippen LogP contribution is -2.06. The molecule has 0 radical (unpaired) electrons. The minimum Gasteiger partial charge on any atom is -0.290 e. The summed E-state index contributed by atoms with van der Waals surface area (Å²) in [6.07, 6.45) is 8.35. The Morgan fingerprint density at radius 2 is 1.76 bits per heavy atom. The van der Waals surface area contributed by atoms with E-state index >= 15 is 0 Å². The molecule has 0 amide bonds. The Morgan fingerprint density at radius 3 is 2.53 bits per heavy atom. The minimum atomic E-state index is -0.118. The van der Waals surface area contributed by atoms with E-state index in [1.54, 1.807) is 0 Å². The summed E-state index contributed by atoms with van der Waals surface area (Å²) in [6.45, 7) is 0. The van der Waals surface area contributed by atoms with Crippen LogP contribution in [0.3, 0.4) is 0 Å². The predicted octanol–water partition coefficient (Wildman–Crippen LogP) is 2.72. The van der Waals surface area contributed by atoms with E-state index in [1.165, 1.54) is 18.2 Å². The van der Waals surface area contributed by atoms with E-state index in [4.69, 9.17) is 0 Å². The molecule has 0 aliphatic heterocycles. The largest absolute Gasteiger partial charge is 0.290 e. The Hall–Kier alpha value is -2.22. The van der Waals surface area contributed by atoms with E-state index < -0.39 is 0 Å². The highest BCUT2D eigenvalue weighted by molar-refractivity contribution is 6.17. The van der Waals surface area contributed by atoms with Crippen molar-refractivity contribution in [2.75, 3.05) is 0 Å². The Morgan fingerprint density at radius 1 is 1.00 bits per heavy atom. The molecule has 0 saturated carbocycles. The third-order valence-corrected chi connectivity index (χ3v) is 2.48. The fourth-order valence-electron chi connectivity index (χ4n) is 1.60. The van der Waals surface area contributed by atoms with E-state index in [0.29, 0.717) is 12.0 Å². The summed E-state index contributed by atoms with van der Waals surface area (Å²) < 4.78 is 0. The third kappa shape index (κ3) is 3.11. The molecule has 0 N–H and O–H groups in total. The maximum Gasteiger partial charge on any atom is 0.182 e. The molecule has 0 saturated heterocycles. The number of rotatable bonds is 3. The Bertz CT molecular complexity index is 519. The molecule has 0 unspecified atom stereocenters. The molecule has 0 fully saturated rings. The summed E-state index contributed by atoms with van der Waals surface area (Å²) in [5.41, 5.74) is 1.63. The number of hydrogen-bond donors (Lipinski definition) is 0. The molecule has 17 heavy (non-hydrogen) atoms. The van der Waals surface area contributed by atoms with Crippen LogP contribution in [0.2, 0.25) is 0 Å². The van der Waals surface area contributed by atoms with Gasteiger partial charge < -0.3 is 0 Å². The number of carbonyl (C=O) groups excluding carboxylic acids is 2. The summed E-state index contributed by atoms with van der Waals surface area (Å²) in [5, 5.41) is 0. The second-order valence-electron chi connectivity index (χ2n) is 3.79. The molecule has 84 valence electrons. The molecule has 2 nitrogen and oxygen atoms in total. The number of benzene rings is 1. The molecule has 0 bridgehead atoms. The van der Waals surface area contributed by atoms with Crippen LogP contribution in [0.25, 0.3) is 6.08 Å². The van der Waals surface area contributed by atoms with Gasteiger partial charge in [-0.3, -0.25) is 9.59 Å². The molecule has 0 spiro atoms. The molecule has 1 aliphatic rings. The van der Waals surface area contributed by atoms with Crippen molar-refractivity contribution in [2.24, 2.45) is 0 Å². The highest BCUT2D eigenvalue weighted by atomic mass is 16.1. The van der Waals surface area contributed by atoms with E-state index in [1.807, 2.05) is 42.5 Å². The number of allylic oxidation sites excluding steroid dienone is 5. The monoisotopic (exact) mass is 224 g/mol. The van der Waals surface area contributed by atoms with Crippen molar-refractivity contribution in [1.82, 2.24) is 0 Å². The Balaban J connectivity index is 2.01. The molecule has 1 aromatic carbocycles. The summed E-state index contributed by atoms with van der Waals surface area (Å²) >= 11 is 0. The summed E-state index contributed by atoms with van der Waals surface area (Å²) in [5.74, 6) is -0.199. The summed E-state index contributed by atoms with van der Waals surface area (Å²) in [4.78, 5) is 22.6. The normalized spacial score (nSPS) is 15.4. The number of carbonyl (C=O) groups is 2. The van der Waals surface area contributed by atoms with E-state index in [2.05, 4.69) is 0 Å². The zero-order valence-corrected chi connectivity index (χ0v) is 9.30. The summed E-state index contributed by atoms with van der Waals surface area (Å²) in [6, 6.07) is 9.83. The Labute approximate surface area is 100.0 Å². The molecule has 2 heteroatoms. The summed E-state index contributed by atoms with van der Waals surface area (Å²) in [7, 11) is 0. The van der Waals surface area contributed by atoms with Gasteiger partial charge in [0.25, 0.3) is 0 Å². The SMILES string of the molecule is O=C1C=CC(=O)C(C/C=C/c2ccccc2)=C1. The predicted molar refractivity (Wildman–Crippen MR) is 67.3 cm³/mol. The molecule has 1 aliphatic carbocycles. The number of hydrogen-bond acceptors (Lipinski definition) is 2. The highest BCUT2D eigenvalue weighted by Gasteiger charge is 2.10. The minimum absolute atomic E-state index is 0.0812. The van der Waals surface area contributed by atoms with Crippen LogP contribution in [0.4, 0.5) is 0 Å². The van der Waals surface area contributed by atoms with E-state index in [9.17, 15) is 9.59 Å². The first-order chi connectivity index (χ1) is 8.25. The standard InChI is InChI=1S/C15H12O2/c16-14-9-10-15(17)13(11-14)8-4-7-12-5-2-1-3-6-12/h1-7,9-11H,8H2/b7-4+. The van der Waals surface area contributed by atoms with Crippen molar-refractivity contribution in [3.63, 3.8) is 0 Å². The molecular weight excluding hydrogens is 212 g/mol. The quantitative estimate of drug-likeness (QED) is 0.740. The third-order valence-electron chi connectivity index (χ3n) is 2.48. The molecule has 0 atom stereocenters. The van der Waals surface area contributed by atoms with Gasteiger partial charge in [-0.05, 0) is 30.2 Å². The van der Waals surface area contributed by atoms with Crippen LogP contribution < -0.4 is 0 Å². The van der Waals surface area contributed by atoms with Crippen LogP contribution in [-0.4, -0.2) is 11.6 Å². The number of ketones is 2. The van der Waals surface area contributed by atoms with Crippen molar-refractivity contribution in [2.45, 2.75) is 6.42 Å². The fourth-order valence-corrected chi connectivity index (χ4v) is 1.60. The van der Waals surface area contributed by atoms with Gasteiger partial charge in [0.2, 0.25) is 0 Å². The first-order valence-corrected chi connectivity index (χ1v) is 5.44. The van der Waals surface area contributed by atoms with Crippen LogP contribution in [0.1, 0.15) is 12.0 Å². The van der Waals surface area contributed by atoms with Gasteiger partial charge in [-0.15, -0.1) is 0 Å². The lowest BCUT2D eigenvalue weighted by Gasteiger charge is -2.02.